The number of carbonyl (C=O) groups excluding carboxylic acids is 1. The molecule has 1 aromatic heterocycles. The van der Waals surface area contributed by atoms with Gasteiger partial charge in [0.15, 0.2) is 0 Å². The van der Waals surface area contributed by atoms with Crippen molar-refractivity contribution in [3.05, 3.63) is 16.8 Å². The van der Waals surface area contributed by atoms with Crippen LogP contribution in [-0.2, 0) is 22.6 Å². The summed E-state index contributed by atoms with van der Waals surface area (Å²) >= 11 is 0. The van der Waals surface area contributed by atoms with Crippen LogP contribution >= 0.6 is 0 Å². The minimum absolute atomic E-state index is 0.194. The first-order valence-corrected chi connectivity index (χ1v) is 5.48. The Morgan fingerprint density at radius 3 is 2.88 bits per heavy atom. The lowest BCUT2D eigenvalue weighted by atomic mass is 9.93. The Balaban J connectivity index is 2.44. The van der Waals surface area contributed by atoms with Crippen molar-refractivity contribution < 1.29 is 9.53 Å². The van der Waals surface area contributed by atoms with E-state index in [1.165, 1.54) is 6.92 Å². The fraction of sp³-hybridized carbons (Fsp3) is 0.500. The normalized spacial score (nSPS) is 17.1. The first-order valence-electron chi connectivity index (χ1n) is 5.48. The van der Waals surface area contributed by atoms with Crippen molar-refractivity contribution in [3.8, 4) is 6.07 Å². The smallest absolute Gasteiger partial charge is 0.222 e. The molecule has 0 atom stereocenters. The van der Waals surface area contributed by atoms with Gasteiger partial charge >= 0.3 is 0 Å². The minimum Gasteiger partial charge on any atom is -0.369 e. The summed E-state index contributed by atoms with van der Waals surface area (Å²) in [7, 11) is 0. The highest BCUT2D eigenvalue weighted by Crippen LogP contribution is 2.33. The molecule has 0 spiro atoms. The van der Waals surface area contributed by atoms with E-state index >= 15 is 0 Å². The van der Waals surface area contributed by atoms with Crippen LogP contribution in [0.3, 0.4) is 0 Å². The molecule has 90 valence electrons. The molecule has 0 radical (unpaired) electrons. The summed E-state index contributed by atoms with van der Waals surface area (Å²) in [6, 6.07) is 2.15. The average molecular weight is 233 g/mol. The van der Waals surface area contributed by atoms with Gasteiger partial charge < -0.3 is 15.0 Å². The molecule has 1 aliphatic rings. The number of rotatable bonds is 1. The summed E-state index contributed by atoms with van der Waals surface area (Å²) in [5.41, 5.74) is 2.08. The first kappa shape index (κ1) is 11.7. The number of anilines is 1. The van der Waals surface area contributed by atoms with Gasteiger partial charge in [0, 0.05) is 19.0 Å². The second-order valence-electron chi connectivity index (χ2n) is 4.85. The van der Waals surface area contributed by atoms with Crippen molar-refractivity contribution in [2.45, 2.75) is 39.4 Å². The molecule has 5 nitrogen and oxygen atoms in total. The SMILES string of the molecule is CC(=O)Nc1[nH]c2c(c1C#N)CC(C)(C)OC2. The number of fused-ring (bicyclic) bond motifs is 1. The lowest BCUT2D eigenvalue weighted by Crippen LogP contribution is -2.31. The van der Waals surface area contributed by atoms with Crippen LogP contribution in [0.1, 0.15) is 37.6 Å². The van der Waals surface area contributed by atoms with Gasteiger partial charge in [-0.3, -0.25) is 4.79 Å². The summed E-state index contributed by atoms with van der Waals surface area (Å²) in [5, 5.41) is 11.8. The van der Waals surface area contributed by atoms with Crippen LogP contribution < -0.4 is 5.32 Å². The quantitative estimate of drug-likeness (QED) is 0.774. The van der Waals surface area contributed by atoms with Gasteiger partial charge in [-0.1, -0.05) is 0 Å². The second kappa shape index (κ2) is 3.90. The maximum atomic E-state index is 11.0. The highest BCUT2D eigenvalue weighted by molar-refractivity contribution is 5.89. The molecule has 1 amide bonds. The number of aromatic nitrogens is 1. The van der Waals surface area contributed by atoms with Crippen molar-refractivity contribution in [3.63, 3.8) is 0 Å². The van der Waals surface area contributed by atoms with E-state index in [0.717, 1.165) is 11.3 Å². The highest BCUT2D eigenvalue weighted by atomic mass is 16.5. The standard InChI is InChI=1S/C12H15N3O2/c1-7(16)14-11-9(5-13)8-4-12(2,3)17-6-10(8)15-11/h15H,4,6H2,1-3H3,(H,14,16). The van der Waals surface area contributed by atoms with Crippen molar-refractivity contribution in [2.75, 3.05) is 5.32 Å². The van der Waals surface area contributed by atoms with Gasteiger partial charge in [0.1, 0.15) is 11.9 Å². The molecular formula is C12H15N3O2. The molecule has 1 aliphatic heterocycles. The molecule has 0 fully saturated rings. The molecule has 2 rings (SSSR count). The molecular weight excluding hydrogens is 218 g/mol. The third-order valence-electron chi connectivity index (χ3n) is 2.81. The van der Waals surface area contributed by atoms with E-state index in [1.54, 1.807) is 0 Å². The average Bonchev–Trinajstić information content (AvgIpc) is 2.52. The van der Waals surface area contributed by atoms with Crippen LogP contribution in [-0.4, -0.2) is 16.5 Å². The molecule has 5 heteroatoms. The topological polar surface area (TPSA) is 77.9 Å². The van der Waals surface area contributed by atoms with Crippen molar-refractivity contribution in [2.24, 2.45) is 0 Å². The van der Waals surface area contributed by atoms with E-state index in [0.29, 0.717) is 24.4 Å². The predicted octanol–water partition coefficient (Wildman–Crippen LogP) is 1.70. The number of nitrogens with zero attached hydrogens (tertiary/aromatic N) is 1. The number of nitrogens with one attached hydrogen (secondary N) is 2. The van der Waals surface area contributed by atoms with E-state index < -0.39 is 0 Å². The monoisotopic (exact) mass is 233 g/mol. The third-order valence-corrected chi connectivity index (χ3v) is 2.81. The number of nitriles is 1. The lowest BCUT2D eigenvalue weighted by Gasteiger charge is -2.29. The summed E-state index contributed by atoms with van der Waals surface area (Å²) < 4.78 is 5.66. The van der Waals surface area contributed by atoms with Crippen LogP contribution in [0.25, 0.3) is 0 Å². The second-order valence-corrected chi connectivity index (χ2v) is 4.85. The zero-order valence-corrected chi connectivity index (χ0v) is 10.2. The third kappa shape index (κ3) is 2.17. The van der Waals surface area contributed by atoms with Crippen LogP contribution in [0.15, 0.2) is 0 Å². The number of carbonyl (C=O) groups is 1. The summed E-state index contributed by atoms with van der Waals surface area (Å²) in [6.07, 6.45) is 0.668. The maximum Gasteiger partial charge on any atom is 0.222 e. The van der Waals surface area contributed by atoms with Crippen LogP contribution in [0.5, 0.6) is 0 Å². The zero-order chi connectivity index (χ0) is 12.6. The molecule has 2 heterocycles. The zero-order valence-electron chi connectivity index (χ0n) is 10.2. The number of hydrogen-bond donors (Lipinski definition) is 2. The van der Waals surface area contributed by atoms with Gasteiger partial charge in [0.05, 0.1) is 17.8 Å². The Bertz CT molecular complexity index is 509. The van der Waals surface area contributed by atoms with Gasteiger partial charge in [-0.25, -0.2) is 0 Å². The van der Waals surface area contributed by atoms with E-state index in [-0.39, 0.29) is 11.5 Å². The minimum atomic E-state index is -0.270. The summed E-state index contributed by atoms with van der Waals surface area (Å²) in [4.78, 5) is 14.1. The number of ether oxygens (including phenoxy) is 1. The van der Waals surface area contributed by atoms with E-state index in [1.807, 2.05) is 13.8 Å². The van der Waals surface area contributed by atoms with Crippen LogP contribution in [0, 0.1) is 11.3 Å². The fourth-order valence-corrected chi connectivity index (χ4v) is 2.05. The van der Waals surface area contributed by atoms with Gasteiger partial charge in [-0.2, -0.15) is 5.26 Å². The molecule has 17 heavy (non-hydrogen) atoms. The Kier molecular flexibility index (Phi) is 2.68. The number of hydrogen-bond acceptors (Lipinski definition) is 3. The van der Waals surface area contributed by atoms with Gasteiger partial charge in [-0.05, 0) is 19.4 Å². The molecule has 0 aromatic carbocycles. The Morgan fingerprint density at radius 2 is 2.29 bits per heavy atom. The van der Waals surface area contributed by atoms with Crippen molar-refractivity contribution >= 4 is 11.7 Å². The Hall–Kier alpha value is -1.80. The van der Waals surface area contributed by atoms with Crippen LogP contribution in [0.2, 0.25) is 0 Å². The largest absolute Gasteiger partial charge is 0.369 e. The first-order chi connectivity index (χ1) is 7.93. The summed E-state index contributed by atoms with van der Waals surface area (Å²) in [5.74, 6) is 0.284. The lowest BCUT2D eigenvalue weighted by molar-refractivity contribution is -0.114. The maximum absolute atomic E-state index is 11.0. The van der Waals surface area contributed by atoms with Gasteiger partial charge in [0.25, 0.3) is 0 Å². The van der Waals surface area contributed by atoms with Crippen molar-refractivity contribution in [1.29, 1.82) is 5.26 Å². The van der Waals surface area contributed by atoms with Gasteiger partial charge in [0.2, 0.25) is 5.91 Å². The molecule has 0 unspecified atom stereocenters. The van der Waals surface area contributed by atoms with E-state index in [2.05, 4.69) is 16.4 Å². The molecule has 0 aliphatic carbocycles. The highest BCUT2D eigenvalue weighted by Gasteiger charge is 2.31. The molecule has 2 N–H and O–H groups in total. The Morgan fingerprint density at radius 1 is 1.59 bits per heavy atom. The van der Waals surface area contributed by atoms with Crippen LogP contribution in [0.4, 0.5) is 5.82 Å². The Labute approximate surface area is 99.8 Å². The molecule has 0 bridgehead atoms. The summed E-state index contributed by atoms with van der Waals surface area (Å²) in [6.45, 7) is 5.84. The molecule has 0 saturated heterocycles. The van der Waals surface area contributed by atoms with E-state index in [4.69, 9.17) is 4.74 Å². The fourth-order valence-electron chi connectivity index (χ4n) is 2.05. The van der Waals surface area contributed by atoms with Crippen molar-refractivity contribution in [1.82, 2.24) is 4.98 Å². The molecule has 0 saturated carbocycles. The number of aromatic amines is 1. The molecule has 1 aromatic rings. The van der Waals surface area contributed by atoms with Gasteiger partial charge in [-0.15, -0.1) is 0 Å². The van der Waals surface area contributed by atoms with E-state index in [9.17, 15) is 10.1 Å². The number of amides is 1. The number of H-pyrrole nitrogens is 1. The predicted molar refractivity (Wildman–Crippen MR) is 62.4 cm³/mol.